The van der Waals surface area contributed by atoms with E-state index in [1.807, 2.05) is 53.1 Å². The van der Waals surface area contributed by atoms with Crippen molar-refractivity contribution in [1.29, 1.82) is 0 Å². The van der Waals surface area contributed by atoms with Gasteiger partial charge in [0.2, 0.25) is 5.91 Å². The lowest BCUT2D eigenvalue weighted by Gasteiger charge is -2.45. The lowest BCUT2D eigenvalue weighted by Crippen LogP contribution is -2.54. The summed E-state index contributed by atoms with van der Waals surface area (Å²) >= 11 is 0. The largest absolute Gasteiger partial charge is 0.351 e. The van der Waals surface area contributed by atoms with Gasteiger partial charge in [-0.25, -0.2) is 0 Å². The highest BCUT2D eigenvalue weighted by molar-refractivity contribution is 5.94. The number of carbonyl (C=O) groups is 1. The summed E-state index contributed by atoms with van der Waals surface area (Å²) in [6.07, 6.45) is 5.55. The van der Waals surface area contributed by atoms with Crippen LogP contribution in [0.3, 0.4) is 0 Å². The first-order valence-electron chi connectivity index (χ1n) is 10.7. The third kappa shape index (κ3) is 3.23. The van der Waals surface area contributed by atoms with Gasteiger partial charge >= 0.3 is 0 Å². The van der Waals surface area contributed by atoms with E-state index in [1.165, 1.54) is 6.42 Å². The molecule has 1 amide bonds. The number of rotatable bonds is 3. The average molecular weight is 389 g/mol. The molecule has 2 fully saturated rings. The first-order chi connectivity index (χ1) is 14.1. The maximum absolute atomic E-state index is 13.1. The van der Waals surface area contributed by atoms with Crippen LogP contribution in [0.5, 0.6) is 0 Å². The number of nitrogens with zero attached hydrogens (tertiary/aromatic N) is 1. The molecule has 0 spiro atoms. The Morgan fingerprint density at radius 2 is 1.52 bits per heavy atom. The van der Waals surface area contributed by atoms with E-state index in [2.05, 4.69) is 5.32 Å². The molecule has 3 aromatic rings. The van der Waals surface area contributed by atoms with Gasteiger partial charge in [0.25, 0.3) is 0 Å². The van der Waals surface area contributed by atoms with E-state index in [-0.39, 0.29) is 30.0 Å². The van der Waals surface area contributed by atoms with Crippen molar-refractivity contribution in [3.63, 3.8) is 0 Å². The Bertz CT molecular complexity index is 1060. The molecule has 2 aliphatic rings. The molecule has 150 valence electrons. The van der Waals surface area contributed by atoms with E-state index >= 15 is 0 Å². The Labute approximate surface area is 169 Å². The van der Waals surface area contributed by atoms with Crippen LogP contribution < -0.4 is 16.5 Å². The number of carbonyl (C=O) groups excluding carboxylic acids is 1. The van der Waals surface area contributed by atoms with E-state index in [9.17, 15) is 9.59 Å². The Balaban J connectivity index is 1.49. The zero-order valence-corrected chi connectivity index (χ0v) is 16.5. The van der Waals surface area contributed by atoms with Crippen LogP contribution in [0.1, 0.15) is 32.1 Å². The molecule has 1 aromatic heterocycles. The summed E-state index contributed by atoms with van der Waals surface area (Å²) in [6, 6.07) is 15.6. The summed E-state index contributed by atoms with van der Waals surface area (Å²) in [4.78, 5) is 26.0. The average Bonchev–Trinajstić information content (AvgIpc) is 2.72. The monoisotopic (exact) mass is 389 g/mol. The molecule has 29 heavy (non-hydrogen) atoms. The molecule has 0 aliphatic heterocycles. The number of amides is 1. The van der Waals surface area contributed by atoms with Crippen LogP contribution in [0, 0.1) is 11.8 Å². The van der Waals surface area contributed by atoms with E-state index in [0.717, 1.165) is 36.7 Å². The fourth-order valence-electron chi connectivity index (χ4n) is 5.65. The van der Waals surface area contributed by atoms with Crippen molar-refractivity contribution < 1.29 is 4.79 Å². The standard InChI is InChI=1S/C24H27N3O2/c25-17-12-15-6-5-7-16(13-17)23(15)26-22(28)14-27-20-10-3-1-8-18(20)24(29)19-9-2-4-11-21(19)27/h1-4,8-11,15-17,23H,5-7,12-14,25H2,(H,26,28). The zero-order chi connectivity index (χ0) is 20.0. The van der Waals surface area contributed by atoms with Crippen LogP contribution in [0.2, 0.25) is 0 Å². The fourth-order valence-corrected chi connectivity index (χ4v) is 5.65. The first kappa shape index (κ1) is 18.4. The second kappa shape index (κ2) is 7.30. The number of benzene rings is 2. The normalized spacial score (nSPS) is 26.5. The number of fused-ring (bicyclic) bond motifs is 4. The molecule has 3 N–H and O–H groups in total. The Kier molecular flexibility index (Phi) is 4.63. The summed E-state index contributed by atoms with van der Waals surface area (Å²) < 4.78 is 1.98. The van der Waals surface area contributed by atoms with Crippen LogP contribution in [0.4, 0.5) is 0 Å². The molecule has 1 heterocycles. The molecule has 5 heteroatoms. The second-order valence-corrected chi connectivity index (χ2v) is 8.73. The number of pyridine rings is 1. The summed E-state index contributed by atoms with van der Waals surface area (Å²) in [5.74, 6) is 0.995. The van der Waals surface area contributed by atoms with E-state index in [1.54, 1.807) is 0 Å². The van der Waals surface area contributed by atoms with Crippen molar-refractivity contribution in [2.75, 3.05) is 0 Å². The van der Waals surface area contributed by atoms with Crippen LogP contribution in [-0.4, -0.2) is 22.6 Å². The first-order valence-corrected chi connectivity index (χ1v) is 10.7. The number of hydrogen-bond donors (Lipinski definition) is 2. The van der Waals surface area contributed by atoms with Gasteiger partial charge < -0.3 is 15.6 Å². The van der Waals surface area contributed by atoms with E-state index < -0.39 is 0 Å². The van der Waals surface area contributed by atoms with Crippen LogP contribution in [-0.2, 0) is 11.3 Å². The number of para-hydroxylation sites is 2. The van der Waals surface area contributed by atoms with Gasteiger partial charge in [0, 0.05) is 22.9 Å². The number of nitrogens with one attached hydrogen (secondary N) is 1. The van der Waals surface area contributed by atoms with Gasteiger partial charge in [-0.1, -0.05) is 30.7 Å². The number of hydrogen-bond acceptors (Lipinski definition) is 3. The fraction of sp³-hybridized carbons (Fsp3) is 0.417. The third-order valence-corrected chi connectivity index (χ3v) is 6.88. The van der Waals surface area contributed by atoms with Gasteiger partial charge in [-0.2, -0.15) is 0 Å². The molecule has 0 saturated heterocycles. The summed E-state index contributed by atoms with van der Waals surface area (Å²) in [5.41, 5.74) is 7.86. The number of nitrogens with two attached hydrogens (primary N) is 1. The summed E-state index contributed by atoms with van der Waals surface area (Å²) in [6.45, 7) is 0.212. The molecule has 2 bridgehead atoms. The summed E-state index contributed by atoms with van der Waals surface area (Å²) in [7, 11) is 0. The van der Waals surface area contributed by atoms with Crippen molar-refractivity contribution in [3.05, 3.63) is 58.8 Å². The SMILES string of the molecule is NC1CC2CCCC(C1)C2NC(=O)Cn1c2ccccc2c(=O)c2ccccc21. The van der Waals surface area contributed by atoms with E-state index in [0.29, 0.717) is 22.6 Å². The van der Waals surface area contributed by atoms with Crippen molar-refractivity contribution in [3.8, 4) is 0 Å². The van der Waals surface area contributed by atoms with Crippen molar-refractivity contribution in [1.82, 2.24) is 9.88 Å². The zero-order valence-electron chi connectivity index (χ0n) is 16.5. The van der Waals surface area contributed by atoms with Gasteiger partial charge in [-0.15, -0.1) is 0 Å². The maximum atomic E-state index is 13.1. The topological polar surface area (TPSA) is 77.1 Å². The lowest BCUT2D eigenvalue weighted by atomic mass is 9.67. The molecule has 2 atom stereocenters. The van der Waals surface area contributed by atoms with Crippen LogP contribution in [0.15, 0.2) is 53.3 Å². The minimum absolute atomic E-state index is 0.0151. The Morgan fingerprint density at radius 3 is 2.10 bits per heavy atom. The van der Waals surface area contributed by atoms with Crippen LogP contribution in [0.25, 0.3) is 21.8 Å². The Morgan fingerprint density at radius 1 is 0.966 bits per heavy atom. The highest BCUT2D eigenvalue weighted by atomic mass is 16.2. The van der Waals surface area contributed by atoms with E-state index in [4.69, 9.17) is 5.73 Å². The smallest absolute Gasteiger partial charge is 0.240 e. The number of aromatic nitrogens is 1. The predicted octanol–water partition coefficient (Wildman–Crippen LogP) is 3.18. The minimum atomic E-state index is 0.0151. The minimum Gasteiger partial charge on any atom is -0.351 e. The van der Waals surface area contributed by atoms with Gasteiger partial charge in [0.05, 0.1) is 11.0 Å². The molecule has 5 nitrogen and oxygen atoms in total. The van der Waals surface area contributed by atoms with Crippen molar-refractivity contribution in [2.45, 2.75) is 50.7 Å². The summed E-state index contributed by atoms with van der Waals surface area (Å²) in [5, 5.41) is 4.65. The Hall–Kier alpha value is -2.66. The highest BCUT2D eigenvalue weighted by Gasteiger charge is 2.39. The molecule has 0 radical (unpaired) electrons. The quantitative estimate of drug-likeness (QED) is 0.676. The van der Waals surface area contributed by atoms with Gasteiger partial charge in [0.1, 0.15) is 6.54 Å². The predicted molar refractivity (Wildman–Crippen MR) is 116 cm³/mol. The second-order valence-electron chi connectivity index (χ2n) is 8.73. The molecule has 2 saturated carbocycles. The molecule has 2 aromatic carbocycles. The van der Waals surface area contributed by atoms with Gasteiger partial charge in [-0.05, 0) is 61.8 Å². The van der Waals surface area contributed by atoms with Gasteiger partial charge in [-0.3, -0.25) is 9.59 Å². The maximum Gasteiger partial charge on any atom is 0.240 e. The third-order valence-electron chi connectivity index (χ3n) is 6.88. The van der Waals surface area contributed by atoms with Crippen LogP contribution >= 0.6 is 0 Å². The molecule has 2 unspecified atom stereocenters. The molecule has 5 rings (SSSR count). The molecular formula is C24H27N3O2. The molecule has 2 aliphatic carbocycles. The lowest BCUT2D eigenvalue weighted by molar-refractivity contribution is -0.123. The molecular weight excluding hydrogens is 362 g/mol. The van der Waals surface area contributed by atoms with Crippen molar-refractivity contribution >= 4 is 27.7 Å². The highest BCUT2D eigenvalue weighted by Crippen LogP contribution is 2.39. The van der Waals surface area contributed by atoms with Gasteiger partial charge in [0.15, 0.2) is 5.43 Å². The van der Waals surface area contributed by atoms with Crippen molar-refractivity contribution in [2.24, 2.45) is 17.6 Å².